The van der Waals surface area contributed by atoms with Crippen molar-refractivity contribution in [1.29, 1.82) is 0 Å². The molecule has 1 aromatic carbocycles. The second kappa shape index (κ2) is 7.94. The number of amides is 2. The lowest BCUT2D eigenvalue weighted by atomic mass is 9.93. The first-order valence-electron chi connectivity index (χ1n) is 6.97. The summed E-state index contributed by atoms with van der Waals surface area (Å²) in [4.78, 5) is 20.8. The van der Waals surface area contributed by atoms with Gasteiger partial charge in [0.15, 0.2) is 0 Å². The molecule has 0 spiro atoms. The lowest BCUT2D eigenvalue weighted by molar-refractivity contribution is -0.109. The minimum atomic E-state index is -0.172. The van der Waals surface area contributed by atoms with E-state index in [9.17, 15) is 4.79 Å². The fourth-order valence-corrected chi connectivity index (χ4v) is 1.94. The van der Waals surface area contributed by atoms with Crippen molar-refractivity contribution in [2.24, 2.45) is 5.84 Å². The fourth-order valence-electron chi connectivity index (χ4n) is 1.94. The number of carbonyl (C=O) groups is 2. The van der Waals surface area contributed by atoms with Crippen molar-refractivity contribution in [2.45, 2.75) is 25.3 Å². The Morgan fingerprint density at radius 3 is 2.55 bits per heavy atom. The molecule has 0 saturated heterocycles. The van der Waals surface area contributed by atoms with Crippen molar-refractivity contribution in [1.82, 2.24) is 15.9 Å². The second-order valence-electron chi connectivity index (χ2n) is 4.83. The molecule has 0 unspecified atom stereocenters. The Bertz CT molecular complexity index is 608. The maximum atomic E-state index is 11.8. The van der Waals surface area contributed by atoms with Gasteiger partial charge in [-0.25, -0.2) is 5.84 Å². The molecule has 3 rings (SSSR count). The van der Waals surface area contributed by atoms with Gasteiger partial charge in [0.2, 0.25) is 12.2 Å². The summed E-state index contributed by atoms with van der Waals surface area (Å²) in [5.41, 5.74) is 3.39. The van der Waals surface area contributed by atoms with Crippen LogP contribution in [0.2, 0.25) is 0 Å². The molecule has 0 aliphatic heterocycles. The van der Waals surface area contributed by atoms with Crippen LogP contribution in [0.5, 0.6) is 0 Å². The monoisotopic (exact) mass is 302 g/mol. The Hall–Kier alpha value is -2.67. The van der Waals surface area contributed by atoms with Crippen molar-refractivity contribution in [3.63, 3.8) is 0 Å². The molecule has 0 bridgehead atoms. The summed E-state index contributed by atoms with van der Waals surface area (Å²) in [6, 6.07) is 11.7. The van der Waals surface area contributed by atoms with E-state index in [1.54, 1.807) is 11.5 Å². The Morgan fingerprint density at radius 1 is 1.32 bits per heavy atom. The molecule has 1 aliphatic rings. The molecule has 1 aromatic heterocycles. The first kappa shape index (κ1) is 15.7. The number of carbonyl (C=O) groups excluding carboxylic acids is 2. The van der Waals surface area contributed by atoms with Crippen LogP contribution in [-0.4, -0.2) is 23.5 Å². The maximum absolute atomic E-state index is 11.8. The second-order valence-corrected chi connectivity index (χ2v) is 4.83. The minimum Gasteiger partial charge on any atom is -0.350 e. The molecule has 7 heteroatoms. The lowest BCUT2D eigenvalue weighted by Gasteiger charge is -2.25. The van der Waals surface area contributed by atoms with E-state index in [1.807, 2.05) is 30.3 Å². The largest absolute Gasteiger partial charge is 0.350 e. The predicted molar refractivity (Wildman–Crippen MR) is 80.4 cm³/mol. The molecule has 1 saturated carbocycles. The van der Waals surface area contributed by atoms with E-state index < -0.39 is 0 Å². The Kier molecular flexibility index (Phi) is 5.67. The highest BCUT2D eigenvalue weighted by molar-refractivity contribution is 5.92. The molecular formula is C15H18N4O3. The van der Waals surface area contributed by atoms with Crippen molar-refractivity contribution < 1.29 is 14.1 Å². The van der Waals surface area contributed by atoms with Gasteiger partial charge in [-0.3, -0.25) is 15.0 Å². The summed E-state index contributed by atoms with van der Waals surface area (Å²) in [5.74, 6) is 4.52. The number of aromatic nitrogens is 1. The number of nitrogens with zero attached hydrogens (tertiary/aromatic N) is 1. The van der Waals surface area contributed by atoms with E-state index in [2.05, 4.69) is 16.3 Å². The first-order chi connectivity index (χ1) is 10.7. The van der Waals surface area contributed by atoms with Crippen LogP contribution in [0, 0.1) is 0 Å². The highest BCUT2D eigenvalue weighted by Crippen LogP contribution is 2.21. The molecule has 2 amide bonds. The standard InChI is InChI=1S/C14H14N2O2.CH4N2O/c17-14(15-11-7-4-8-11)13-9-12(16-18-13)10-5-2-1-3-6-10;2-3-1-4/h1-3,5-6,9,11H,4,7-8H2,(H,15,17);1H,2H2,(H,3,4). The maximum Gasteiger partial charge on any atom is 0.290 e. The lowest BCUT2D eigenvalue weighted by Crippen LogP contribution is -2.39. The average molecular weight is 302 g/mol. The van der Waals surface area contributed by atoms with Gasteiger partial charge in [0.05, 0.1) is 0 Å². The minimum absolute atomic E-state index is 0.172. The van der Waals surface area contributed by atoms with Gasteiger partial charge in [0.1, 0.15) is 5.69 Å². The predicted octanol–water partition coefficient (Wildman–Crippen LogP) is 1.23. The summed E-state index contributed by atoms with van der Waals surface area (Å²) in [7, 11) is 0. The highest BCUT2D eigenvalue weighted by Gasteiger charge is 2.22. The van der Waals surface area contributed by atoms with E-state index in [0.717, 1.165) is 18.4 Å². The zero-order valence-corrected chi connectivity index (χ0v) is 12.0. The fraction of sp³-hybridized carbons (Fsp3) is 0.267. The van der Waals surface area contributed by atoms with Crippen molar-refractivity contribution in [3.8, 4) is 11.3 Å². The number of hydrazine groups is 1. The number of nitrogens with two attached hydrogens (primary N) is 1. The molecule has 116 valence electrons. The van der Waals surface area contributed by atoms with E-state index in [-0.39, 0.29) is 11.7 Å². The molecule has 2 aromatic rings. The summed E-state index contributed by atoms with van der Waals surface area (Å²) in [5, 5.41) is 6.85. The zero-order chi connectivity index (χ0) is 15.8. The van der Waals surface area contributed by atoms with Crippen LogP contribution >= 0.6 is 0 Å². The number of benzene rings is 1. The van der Waals surface area contributed by atoms with E-state index >= 15 is 0 Å². The van der Waals surface area contributed by atoms with Crippen LogP contribution in [0.4, 0.5) is 0 Å². The number of nitrogens with one attached hydrogen (secondary N) is 2. The normalized spacial score (nSPS) is 13.3. The molecule has 1 fully saturated rings. The van der Waals surface area contributed by atoms with Gasteiger partial charge in [-0.15, -0.1) is 0 Å². The third-order valence-electron chi connectivity index (χ3n) is 3.31. The van der Waals surface area contributed by atoms with E-state index in [4.69, 9.17) is 9.32 Å². The SMILES string of the molecule is NNC=O.O=C(NC1CCC1)c1cc(-c2ccccc2)no1. The third-order valence-corrected chi connectivity index (χ3v) is 3.31. The number of hydrogen-bond donors (Lipinski definition) is 3. The van der Waals surface area contributed by atoms with Crippen LogP contribution in [-0.2, 0) is 4.79 Å². The Morgan fingerprint density at radius 2 is 2.00 bits per heavy atom. The molecule has 22 heavy (non-hydrogen) atoms. The third kappa shape index (κ3) is 4.16. The smallest absolute Gasteiger partial charge is 0.290 e. The quantitative estimate of drug-likeness (QED) is 0.340. The van der Waals surface area contributed by atoms with Crippen LogP contribution < -0.4 is 16.6 Å². The molecule has 1 heterocycles. The van der Waals surface area contributed by atoms with Gasteiger partial charge >= 0.3 is 0 Å². The summed E-state index contributed by atoms with van der Waals surface area (Å²) in [6.07, 6.45) is 3.72. The van der Waals surface area contributed by atoms with Gasteiger partial charge in [-0.05, 0) is 19.3 Å². The van der Waals surface area contributed by atoms with Gasteiger partial charge in [-0.2, -0.15) is 0 Å². The average Bonchev–Trinajstić information content (AvgIpc) is 3.02. The Labute approximate surface area is 127 Å². The summed E-state index contributed by atoms with van der Waals surface area (Å²) < 4.78 is 5.09. The first-order valence-corrected chi connectivity index (χ1v) is 6.97. The summed E-state index contributed by atoms with van der Waals surface area (Å²) in [6.45, 7) is 0. The van der Waals surface area contributed by atoms with Crippen molar-refractivity contribution in [2.75, 3.05) is 0 Å². The van der Waals surface area contributed by atoms with Crippen LogP contribution in [0.3, 0.4) is 0 Å². The van der Waals surface area contributed by atoms with Gasteiger partial charge in [-0.1, -0.05) is 35.5 Å². The van der Waals surface area contributed by atoms with E-state index in [0.29, 0.717) is 18.1 Å². The molecule has 7 nitrogen and oxygen atoms in total. The highest BCUT2D eigenvalue weighted by atomic mass is 16.5. The van der Waals surface area contributed by atoms with Crippen molar-refractivity contribution in [3.05, 3.63) is 42.2 Å². The Balaban J connectivity index is 0.000000396. The van der Waals surface area contributed by atoms with Gasteiger partial charge in [0.25, 0.3) is 5.91 Å². The van der Waals surface area contributed by atoms with Gasteiger partial charge in [0, 0.05) is 17.7 Å². The molecule has 0 atom stereocenters. The van der Waals surface area contributed by atoms with Gasteiger partial charge < -0.3 is 9.84 Å². The molecule has 0 radical (unpaired) electrons. The van der Waals surface area contributed by atoms with Crippen LogP contribution in [0.15, 0.2) is 40.9 Å². The zero-order valence-electron chi connectivity index (χ0n) is 12.0. The molecular weight excluding hydrogens is 284 g/mol. The van der Waals surface area contributed by atoms with E-state index in [1.165, 1.54) is 6.42 Å². The molecule has 1 aliphatic carbocycles. The summed E-state index contributed by atoms with van der Waals surface area (Å²) >= 11 is 0. The number of rotatable bonds is 4. The molecule has 4 N–H and O–H groups in total. The van der Waals surface area contributed by atoms with Crippen LogP contribution in [0.1, 0.15) is 29.8 Å². The van der Waals surface area contributed by atoms with Crippen LogP contribution in [0.25, 0.3) is 11.3 Å². The number of hydrogen-bond acceptors (Lipinski definition) is 5. The topological polar surface area (TPSA) is 110 Å². The van der Waals surface area contributed by atoms with Crippen molar-refractivity contribution >= 4 is 12.3 Å².